The van der Waals surface area contributed by atoms with Crippen molar-refractivity contribution >= 4 is 24.3 Å². The molecule has 2 aromatic carbocycles. The van der Waals surface area contributed by atoms with Crippen LogP contribution in [0.5, 0.6) is 5.75 Å². The fourth-order valence-electron chi connectivity index (χ4n) is 2.52. The van der Waals surface area contributed by atoms with Crippen molar-refractivity contribution in [2.75, 3.05) is 0 Å². The van der Waals surface area contributed by atoms with Crippen LogP contribution < -0.4 is 20.6 Å². The molecule has 3 rings (SSSR count). The van der Waals surface area contributed by atoms with Gasteiger partial charge in [-0.15, -0.1) is 8.99 Å². The Balaban J connectivity index is 1.68. The number of carbonyl (C=O) groups is 1. The molecular formula is C20H18FN5O2S. The van der Waals surface area contributed by atoms with Crippen molar-refractivity contribution in [2.24, 2.45) is 10.8 Å². The summed E-state index contributed by atoms with van der Waals surface area (Å²) in [5.74, 6) is 0.479. The van der Waals surface area contributed by atoms with Crippen LogP contribution in [-0.2, 0) is 6.54 Å². The molecular weight excluding hydrogens is 393 g/mol. The number of benzene rings is 2. The number of nitrogens with zero attached hydrogens (tertiary/aromatic N) is 2. The molecule has 1 aromatic heterocycles. The molecule has 0 aliphatic carbocycles. The van der Waals surface area contributed by atoms with E-state index in [4.69, 9.17) is 10.5 Å². The van der Waals surface area contributed by atoms with Gasteiger partial charge in [-0.1, -0.05) is 42.5 Å². The van der Waals surface area contributed by atoms with Gasteiger partial charge in [-0.05, 0) is 29.3 Å². The molecule has 0 spiro atoms. The predicted molar refractivity (Wildman–Crippen MR) is 112 cm³/mol. The lowest BCUT2D eigenvalue weighted by molar-refractivity contribution is 0.200. The summed E-state index contributed by atoms with van der Waals surface area (Å²) in [4.78, 5) is 18.3. The van der Waals surface area contributed by atoms with Crippen LogP contribution in [0.3, 0.4) is 0 Å². The quantitative estimate of drug-likeness (QED) is 0.237. The van der Waals surface area contributed by atoms with Crippen molar-refractivity contribution in [3.8, 4) is 16.9 Å². The van der Waals surface area contributed by atoms with Crippen LogP contribution in [0.15, 0.2) is 78.2 Å². The molecule has 0 unspecified atom stereocenters. The monoisotopic (exact) mass is 411 g/mol. The number of nitrogens with one attached hydrogen (secondary N) is 2. The Bertz CT molecular complexity index is 1000. The van der Waals surface area contributed by atoms with Crippen LogP contribution in [0.25, 0.3) is 11.1 Å². The van der Waals surface area contributed by atoms with Crippen LogP contribution in [0.2, 0.25) is 0 Å². The van der Waals surface area contributed by atoms with E-state index in [0.29, 0.717) is 17.9 Å². The van der Waals surface area contributed by atoms with Gasteiger partial charge < -0.3 is 15.8 Å². The normalized spacial score (nSPS) is 11.0. The van der Waals surface area contributed by atoms with Crippen LogP contribution in [0.1, 0.15) is 11.1 Å². The number of ether oxygens (including phenoxy) is 1. The number of carbonyl (C=O) groups excluding carboxylic acids is 1. The third kappa shape index (κ3) is 5.94. The van der Waals surface area contributed by atoms with Gasteiger partial charge in [-0.3, -0.25) is 4.98 Å². The van der Waals surface area contributed by atoms with Gasteiger partial charge in [0, 0.05) is 30.1 Å². The predicted octanol–water partition coefficient (Wildman–Crippen LogP) is 3.78. The van der Waals surface area contributed by atoms with Crippen LogP contribution in [-0.4, -0.2) is 16.9 Å². The highest BCUT2D eigenvalue weighted by atomic mass is 32.2. The lowest BCUT2D eigenvalue weighted by Gasteiger charge is -2.09. The maximum absolute atomic E-state index is 12.1. The fraction of sp³-hybridized carbons (Fsp3) is 0.0500. The third-order valence-corrected chi connectivity index (χ3v) is 4.05. The summed E-state index contributed by atoms with van der Waals surface area (Å²) in [7, 11) is 0. The molecule has 0 aliphatic heterocycles. The van der Waals surface area contributed by atoms with Crippen LogP contribution in [0.4, 0.5) is 8.68 Å². The Morgan fingerprint density at radius 3 is 2.72 bits per heavy atom. The summed E-state index contributed by atoms with van der Waals surface area (Å²) in [6.45, 7) is 0.370. The van der Waals surface area contributed by atoms with E-state index < -0.39 is 6.09 Å². The highest BCUT2D eigenvalue weighted by molar-refractivity contribution is 7.92. The second kappa shape index (κ2) is 10.1. The van der Waals surface area contributed by atoms with E-state index in [-0.39, 0.29) is 18.2 Å². The first-order chi connectivity index (χ1) is 14.2. The number of nitrogens with two attached hydrogens (primary N) is 1. The number of hydrogen-bond acceptors (Lipinski definition) is 6. The molecule has 0 atom stereocenters. The van der Waals surface area contributed by atoms with E-state index in [1.807, 2.05) is 36.4 Å². The number of hydrazone groups is 1. The molecule has 29 heavy (non-hydrogen) atoms. The minimum atomic E-state index is -0.552. The lowest BCUT2D eigenvalue weighted by atomic mass is 10.1. The van der Waals surface area contributed by atoms with E-state index in [2.05, 4.69) is 20.2 Å². The first-order valence-electron chi connectivity index (χ1n) is 8.57. The van der Waals surface area contributed by atoms with E-state index in [0.717, 1.165) is 16.7 Å². The van der Waals surface area contributed by atoms with Gasteiger partial charge in [0.1, 0.15) is 5.75 Å². The smallest absolute Gasteiger partial charge is 0.410 e. The molecule has 0 saturated carbocycles. The van der Waals surface area contributed by atoms with Gasteiger partial charge in [0.15, 0.2) is 18.2 Å². The molecule has 0 aliphatic rings. The van der Waals surface area contributed by atoms with Crippen molar-refractivity contribution in [3.05, 3.63) is 84.2 Å². The van der Waals surface area contributed by atoms with Crippen molar-refractivity contribution in [3.63, 3.8) is 0 Å². The summed E-state index contributed by atoms with van der Waals surface area (Å²) in [6.07, 6.45) is 2.61. The molecule has 3 aromatic rings. The molecule has 9 heteroatoms. The van der Waals surface area contributed by atoms with Crippen LogP contribution in [0, 0.1) is 0 Å². The van der Waals surface area contributed by atoms with E-state index in [9.17, 15) is 8.68 Å². The number of amidine groups is 1. The standard InChI is InChI=1S/C20H18FN5O2S/c21-29-26-25-19(22)17-9-16(12-23-13-17)15-7-4-8-18(10-15)28-20(27)24-11-14-5-2-1-3-6-14/h1-10,12-13,26H,11H2,(H2,22,25)(H,24,27). The lowest BCUT2D eigenvalue weighted by Crippen LogP contribution is -2.26. The Morgan fingerprint density at radius 1 is 1.10 bits per heavy atom. The highest BCUT2D eigenvalue weighted by Crippen LogP contribution is 2.24. The zero-order chi connectivity index (χ0) is 20.5. The van der Waals surface area contributed by atoms with Crippen molar-refractivity contribution < 1.29 is 13.4 Å². The third-order valence-electron chi connectivity index (χ3n) is 3.89. The zero-order valence-electron chi connectivity index (χ0n) is 15.2. The average Bonchev–Trinajstić information content (AvgIpc) is 2.77. The average molecular weight is 411 g/mol. The fourth-order valence-corrected chi connectivity index (χ4v) is 2.65. The molecule has 1 heterocycles. The highest BCUT2D eigenvalue weighted by Gasteiger charge is 2.08. The van der Waals surface area contributed by atoms with Crippen molar-refractivity contribution in [1.29, 1.82) is 0 Å². The molecule has 0 saturated heterocycles. The molecule has 0 radical (unpaired) electrons. The topological polar surface area (TPSA) is 102 Å². The first kappa shape index (κ1) is 20.2. The van der Waals surface area contributed by atoms with Gasteiger partial charge in [-0.25, -0.2) is 9.63 Å². The molecule has 148 valence electrons. The van der Waals surface area contributed by atoms with E-state index in [1.54, 1.807) is 30.5 Å². The SMILES string of the molecule is N/C(=N\NSF)c1cncc(-c2cccc(OC(=O)NCc3ccccc3)c2)c1. The number of aromatic nitrogens is 1. The molecule has 1 amide bonds. The van der Waals surface area contributed by atoms with Gasteiger partial charge in [0.25, 0.3) is 0 Å². The zero-order valence-corrected chi connectivity index (χ0v) is 16.0. The number of halogens is 1. The summed E-state index contributed by atoms with van der Waals surface area (Å²) in [5, 5.41) is 6.37. The maximum Gasteiger partial charge on any atom is 0.412 e. The molecule has 0 bridgehead atoms. The largest absolute Gasteiger partial charge is 0.412 e. The minimum absolute atomic E-state index is 0.0946. The van der Waals surface area contributed by atoms with Crippen LogP contribution >= 0.6 is 12.3 Å². The molecule has 4 N–H and O–H groups in total. The molecule has 7 nitrogen and oxygen atoms in total. The molecule has 0 fully saturated rings. The number of amides is 1. The summed E-state index contributed by atoms with van der Waals surface area (Å²) < 4.78 is 17.4. The number of hydrogen-bond donors (Lipinski definition) is 3. The number of rotatable bonds is 7. The van der Waals surface area contributed by atoms with Gasteiger partial charge in [-0.2, -0.15) is 0 Å². The Hall–Kier alpha value is -3.59. The second-order valence-electron chi connectivity index (χ2n) is 5.88. The summed E-state index contributed by atoms with van der Waals surface area (Å²) in [6, 6.07) is 18.3. The van der Waals surface area contributed by atoms with E-state index >= 15 is 0 Å². The van der Waals surface area contributed by atoms with Gasteiger partial charge in [0.2, 0.25) is 0 Å². The van der Waals surface area contributed by atoms with Gasteiger partial charge >= 0.3 is 6.09 Å². The Kier molecular flexibility index (Phi) is 7.01. The Labute approximate surface area is 171 Å². The summed E-state index contributed by atoms with van der Waals surface area (Å²) in [5.41, 5.74) is 8.80. The van der Waals surface area contributed by atoms with Gasteiger partial charge in [0.05, 0.1) is 0 Å². The van der Waals surface area contributed by atoms with Crippen molar-refractivity contribution in [1.82, 2.24) is 15.1 Å². The minimum Gasteiger partial charge on any atom is -0.410 e. The van der Waals surface area contributed by atoms with Crippen molar-refractivity contribution in [2.45, 2.75) is 6.54 Å². The first-order valence-corrected chi connectivity index (χ1v) is 9.28. The summed E-state index contributed by atoms with van der Waals surface area (Å²) >= 11 is -0.157. The number of pyridine rings is 1. The van der Waals surface area contributed by atoms with E-state index in [1.165, 1.54) is 6.20 Å². The second-order valence-corrected chi connectivity index (χ2v) is 6.22. The maximum atomic E-state index is 12.1. The Morgan fingerprint density at radius 2 is 1.93 bits per heavy atom.